The number of alkyl halides is 3. The average molecular weight is 221 g/mol. The zero-order chi connectivity index (χ0) is 11.6. The summed E-state index contributed by atoms with van der Waals surface area (Å²) in [5, 5.41) is 0. The highest BCUT2D eigenvalue weighted by Crippen LogP contribution is 2.30. The Morgan fingerprint density at radius 3 is 2.33 bits per heavy atom. The summed E-state index contributed by atoms with van der Waals surface area (Å²) in [4.78, 5) is 0. The second-order valence-corrected chi connectivity index (χ2v) is 3.49. The van der Waals surface area contributed by atoms with Gasteiger partial charge < -0.3 is 5.73 Å². The maximum absolute atomic E-state index is 13.2. The second-order valence-electron chi connectivity index (χ2n) is 3.49. The predicted octanol–water partition coefficient (Wildman–Crippen LogP) is 2.73. The summed E-state index contributed by atoms with van der Waals surface area (Å²) in [6.07, 6.45) is -4.28. The Hall–Kier alpha value is -1.10. The van der Waals surface area contributed by atoms with Crippen molar-refractivity contribution < 1.29 is 17.6 Å². The first kappa shape index (κ1) is 12.0. The van der Waals surface area contributed by atoms with Gasteiger partial charge in [0.05, 0.1) is 5.56 Å². The Balaban J connectivity index is 2.98. The maximum atomic E-state index is 13.2. The third-order valence-corrected chi connectivity index (χ3v) is 1.92. The molecule has 1 nitrogen and oxygen atoms in total. The van der Waals surface area contributed by atoms with Crippen LogP contribution >= 0.6 is 0 Å². The molecular weight excluding hydrogens is 210 g/mol. The van der Waals surface area contributed by atoms with Crippen molar-refractivity contribution in [3.05, 3.63) is 35.1 Å². The Morgan fingerprint density at radius 1 is 1.33 bits per heavy atom. The molecule has 2 N–H and O–H groups in total. The van der Waals surface area contributed by atoms with E-state index in [4.69, 9.17) is 5.73 Å². The molecule has 1 aromatic carbocycles. The molecule has 0 aliphatic heterocycles. The van der Waals surface area contributed by atoms with Gasteiger partial charge >= 0.3 is 6.18 Å². The fourth-order valence-corrected chi connectivity index (χ4v) is 1.24. The predicted molar refractivity (Wildman–Crippen MR) is 48.8 cm³/mol. The topological polar surface area (TPSA) is 26.0 Å². The minimum atomic E-state index is -4.51. The molecule has 0 heterocycles. The molecule has 0 aliphatic rings. The van der Waals surface area contributed by atoms with Gasteiger partial charge in [-0.3, -0.25) is 0 Å². The molecule has 0 unspecified atom stereocenters. The van der Waals surface area contributed by atoms with Crippen LogP contribution < -0.4 is 5.73 Å². The standard InChI is InChI=1S/C10H11F4N/c1-6(15)4-7-2-3-8(5-9(7)11)10(12,13)14/h2-3,5-6H,4,15H2,1H3/t6-/m1/s1. The highest BCUT2D eigenvalue weighted by Gasteiger charge is 2.31. The van der Waals surface area contributed by atoms with Gasteiger partial charge in [-0.2, -0.15) is 13.2 Å². The van der Waals surface area contributed by atoms with Crippen molar-refractivity contribution in [2.24, 2.45) is 5.73 Å². The quantitative estimate of drug-likeness (QED) is 0.763. The highest BCUT2D eigenvalue weighted by atomic mass is 19.4. The molecule has 1 aromatic rings. The van der Waals surface area contributed by atoms with Crippen LogP contribution in [0.4, 0.5) is 17.6 Å². The van der Waals surface area contributed by atoms with Crippen LogP contribution in [-0.4, -0.2) is 6.04 Å². The number of rotatable bonds is 2. The first-order valence-electron chi connectivity index (χ1n) is 4.42. The van der Waals surface area contributed by atoms with Gasteiger partial charge in [0, 0.05) is 6.04 Å². The Kier molecular flexibility index (Phi) is 3.34. The summed E-state index contributed by atoms with van der Waals surface area (Å²) >= 11 is 0. The molecule has 84 valence electrons. The minimum Gasteiger partial charge on any atom is -0.328 e. The van der Waals surface area contributed by atoms with Crippen molar-refractivity contribution in [3.8, 4) is 0 Å². The molecule has 0 amide bonds. The third-order valence-electron chi connectivity index (χ3n) is 1.92. The van der Waals surface area contributed by atoms with Gasteiger partial charge in [0.2, 0.25) is 0 Å². The highest BCUT2D eigenvalue weighted by molar-refractivity contribution is 5.26. The van der Waals surface area contributed by atoms with E-state index in [1.54, 1.807) is 6.92 Å². The summed E-state index contributed by atoms with van der Waals surface area (Å²) in [7, 11) is 0. The van der Waals surface area contributed by atoms with Gasteiger partial charge in [-0.25, -0.2) is 4.39 Å². The van der Waals surface area contributed by atoms with E-state index in [1.165, 1.54) is 0 Å². The fourth-order valence-electron chi connectivity index (χ4n) is 1.24. The molecule has 15 heavy (non-hydrogen) atoms. The Bertz CT molecular complexity index is 344. The summed E-state index contributed by atoms with van der Waals surface area (Å²) in [6, 6.07) is 2.20. The largest absolute Gasteiger partial charge is 0.416 e. The van der Waals surface area contributed by atoms with Crippen LogP contribution in [0.5, 0.6) is 0 Å². The number of benzene rings is 1. The molecule has 0 radical (unpaired) electrons. The Labute approximate surface area is 84.9 Å². The number of hydrogen-bond acceptors (Lipinski definition) is 1. The van der Waals surface area contributed by atoms with E-state index >= 15 is 0 Å². The molecule has 0 spiro atoms. The average Bonchev–Trinajstić information content (AvgIpc) is 2.05. The molecule has 1 rings (SSSR count). The van der Waals surface area contributed by atoms with E-state index < -0.39 is 17.6 Å². The van der Waals surface area contributed by atoms with E-state index in [9.17, 15) is 17.6 Å². The molecule has 0 aromatic heterocycles. The minimum absolute atomic E-state index is 0.206. The summed E-state index contributed by atoms with van der Waals surface area (Å²) in [6.45, 7) is 1.66. The van der Waals surface area contributed by atoms with E-state index in [1.807, 2.05) is 0 Å². The normalized spacial score (nSPS) is 14.0. The van der Waals surface area contributed by atoms with Crippen molar-refractivity contribution in [3.63, 3.8) is 0 Å². The number of hydrogen-bond donors (Lipinski definition) is 1. The Morgan fingerprint density at radius 2 is 1.93 bits per heavy atom. The molecule has 5 heteroatoms. The van der Waals surface area contributed by atoms with Crippen LogP contribution in [0.1, 0.15) is 18.1 Å². The first-order valence-corrected chi connectivity index (χ1v) is 4.42. The van der Waals surface area contributed by atoms with Crippen molar-refractivity contribution in [2.45, 2.75) is 25.6 Å². The van der Waals surface area contributed by atoms with E-state index in [0.29, 0.717) is 6.07 Å². The van der Waals surface area contributed by atoms with Crippen molar-refractivity contribution >= 4 is 0 Å². The summed E-state index contributed by atoms with van der Waals surface area (Å²) in [5.74, 6) is -0.859. The lowest BCUT2D eigenvalue weighted by molar-refractivity contribution is -0.137. The zero-order valence-corrected chi connectivity index (χ0v) is 8.11. The monoisotopic (exact) mass is 221 g/mol. The van der Waals surface area contributed by atoms with Crippen LogP contribution in [0.2, 0.25) is 0 Å². The molecule has 0 bridgehead atoms. The van der Waals surface area contributed by atoms with Gasteiger partial charge in [0.15, 0.2) is 0 Å². The third kappa shape index (κ3) is 3.20. The number of halogens is 4. The molecule has 0 fully saturated rings. The maximum Gasteiger partial charge on any atom is 0.416 e. The van der Waals surface area contributed by atoms with Crippen LogP contribution in [0.3, 0.4) is 0 Å². The smallest absolute Gasteiger partial charge is 0.328 e. The molecule has 0 saturated heterocycles. The molecular formula is C10H11F4N. The fraction of sp³-hybridized carbons (Fsp3) is 0.400. The van der Waals surface area contributed by atoms with Gasteiger partial charge in [-0.15, -0.1) is 0 Å². The first-order chi connectivity index (χ1) is 6.80. The van der Waals surface area contributed by atoms with Gasteiger partial charge in [0.25, 0.3) is 0 Å². The van der Waals surface area contributed by atoms with Crippen molar-refractivity contribution in [1.82, 2.24) is 0 Å². The van der Waals surface area contributed by atoms with E-state index in [0.717, 1.165) is 12.1 Å². The van der Waals surface area contributed by atoms with Crippen molar-refractivity contribution in [1.29, 1.82) is 0 Å². The SMILES string of the molecule is C[C@@H](N)Cc1ccc(C(F)(F)F)cc1F. The zero-order valence-electron chi connectivity index (χ0n) is 8.11. The lowest BCUT2D eigenvalue weighted by atomic mass is 10.0. The van der Waals surface area contributed by atoms with Crippen LogP contribution in [0.25, 0.3) is 0 Å². The van der Waals surface area contributed by atoms with E-state index in [-0.39, 0.29) is 18.0 Å². The van der Waals surface area contributed by atoms with Crippen LogP contribution in [0.15, 0.2) is 18.2 Å². The lowest BCUT2D eigenvalue weighted by Gasteiger charge is -2.10. The second kappa shape index (κ2) is 4.18. The number of nitrogens with two attached hydrogens (primary N) is 1. The van der Waals surface area contributed by atoms with Gasteiger partial charge in [0.1, 0.15) is 5.82 Å². The molecule has 1 atom stereocenters. The lowest BCUT2D eigenvalue weighted by Crippen LogP contribution is -2.18. The summed E-state index contributed by atoms with van der Waals surface area (Å²) < 4.78 is 49.7. The van der Waals surface area contributed by atoms with Gasteiger partial charge in [-0.1, -0.05) is 6.07 Å². The molecule has 0 saturated carbocycles. The van der Waals surface area contributed by atoms with Crippen LogP contribution in [-0.2, 0) is 12.6 Å². The molecule has 0 aliphatic carbocycles. The summed E-state index contributed by atoms with van der Waals surface area (Å²) in [5.41, 5.74) is 4.66. The van der Waals surface area contributed by atoms with E-state index in [2.05, 4.69) is 0 Å². The van der Waals surface area contributed by atoms with Gasteiger partial charge in [-0.05, 0) is 31.0 Å². The van der Waals surface area contributed by atoms with Crippen LogP contribution in [0, 0.1) is 5.82 Å². The van der Waals surface area contributed by atoms with Crippen molar-refractivity contribution in [2.75, 3.05) is 0 Å².